The minimum atomic E-state index is -0.401. The minimum Gasteiger partial charge on any atom is -0.358 e. The van der Waals surface area contributed by atoms with Crippen molar-refractivity contribution in [2.24, 2.45) is 5.73 Å². The number of hydrogen-bond donors (Lipinski definition) is 2. The van der Waals surface area contributed by atoms with E-state index >= 15 is 0 Å². The zero-order valence-corrected chi connectivity index (χ0v) is 10.5. The summed E-state index contributed by atoms with van der Waals surface area (Å²) < 4.78 is 0. The molecule has 3 N–H and O–H groups in total. The Hall–Kier alpha value is -1.69. The summed E-state index contributed by atoms with van der Waals surface area (Å²) >= 11 is 0. The molecule has 2 rings (SSSR count). The zero-order chi connectivity index (χ0) is 13.2. The van der Waals surface area contributed by atoms with Crippen molar-refractivity contribution in [2.45, 2.75) is 38.1 Å². The maximum atomic E-state index is 11.0. The molecule has 0 aromatic carbocycles. The van der Waals surface area contributed by atoms with Gasteiger partial charge in [0.15, 0.2) is 0 Å². The van der Waals surface area contributed by atoms with Crippen molar-refractivity contribution < 1.29 is 4.92 Å². The number of nitrogens with one attached hydrogen (secondary N) is 1. The van der Waals surface area contributed by atoms with Crippen molar-refractivity contribution in [1.82, 2.24) is 4.98 Å². The van der Waals surface area contributed by atoms with Gasteiger partial charge in [-0.2, -0.15) is 0 Å². The third-order valence-corrected chi connectivity index (χ3v) is 3.54. The number of hydrogen-bond acceptors (Lipinski definition) is 5. The zero-order valence-electron chi connectivity index (χ0n) is 10.5. The van der Waals surface area contributed by atoms with Crippen LogP contribution in [-0.4, -0.2) is 22.0 Å². The molecule has 18 heavy (non-hydrogen) atoms. The van der Waals surface area contributed by atoms with Gasteiger partial charge >= 0.3 is 5.69 Å². The summed E-state index contributed by atoms with van der Waals surface area (Å²) in [5.74, 6) is 0.331. The third kappa shape index (κ3) is 2.43. The Morgan fingerprint density at radius 1 is 1.56 bits per heavy atom. The van der Waals surface area contributed by atoms with Gasteiger partial charge in [0, 0.05) is 18.8 Å². The average Bonchev–Trinajstić information content (AvgIpc) is 2.80. The van der Waals surface area contributed by atoms with Crippen molar-refractivity contribution in [3.63, 3.8) is 0 Å². The smallest absolute Gasteiger partial charge is 0.311 e. The fraction of sp³-hybridized carbons (Fsp3) is 0.583. The largest absolute Gasteiger partial charge is 0.358 e. The van der Waals surface area contributed by atoms with E-state index in [1.54, 1.807) is 13.1 Å². The van der Waals surface area contributed by atoms with Gasteiger partial charge in [0.25, 0.3) is 0 Å². The standard InChI is InChI=1S/C12H18N4O2/c1-9-6-10(16(17)18)11(14-7-9)15-12(8-13)4-2-3-5-12/h6-7H,2-5,8,13H2,1H3,(H,14,15). The number of pyridine rings is 1. The molecule has 1 saturated carbocycles. The molecule has 1 heterocycles. The molecular weight excluding hydrogens is 232 g/mol. The SMILES string of the molecule is Cc1cnc(NC2(CN)CCCC2)c([N+](=O)[O-])c1. The van der Waals surface area contributed by atoms with Crippen LogP contribution < -0.4 is 11.1 Å². The molecule has 0 amide bonds. The Morgan fingerprint density at radius 2 is 2.22 bits per heavy atom. The molecule has 0 atom stereocenters. The predicted molar refractivity (Wildman–Crippen MR) is 69.5 cm³/mol. The van der Waals surface area contributed by atoms with Gasteiger partial charge in [-0.3, -0.25) is 10.1 Å². The van der Waals surface area contributed by atoms with Crippen LogP contribution in [-0.2, 0) is 0 Å². The van der Waals surface area contributed by atoms with Crippen LogP contribution in [0.3, 0.4) is 0 Å². The van der Waals surface area contributed by atoms with Crippen LogP contribution in [0.4, 0.5) is 11.5 Å². The average molecular weight is 250 g/mol. The second-order valence-electron chi connectivity index (χ2n) is 4.95. The van der Waals surface area contributed by atoms with Gasteiger partial charge in [-0.15, -0.1) is 0 Å². The summed E-state index contributed by atoms with van der Waals surface area (Å²) in [7, 11) is 0. The number of aromatic nitrogens is 1. The summed E-state index contributed by atoms with van der Waals surface area (Å²) in [5.41, 5.74) is 6.38. The number of nitrogens with two attached hydrogens (primary N) is 1. The summed E-state index contributed by atoms with van der Waals surface area (Å²) in [6.45, 7) is 2.26. The van der Waals surface area contributed by atoms with E-state index in [0.29, 0.717) is 12.4 Å². The van der Waals surface area contributed by atoms with E-state index in [0.717, 1.165) is 31.2 Å². The first-order valence-electron chi connectivity index (χ1n) is 6.16. The highest BCUT2D eigenvalue weighted by atomic mass is 16.6. The molecule has 1 aliphatic carbocycles. The number of nitro groups is 1. The van der Waals surface area contributed by atoms with Gasteiger partial charge in [0.2, 0.25) is 5.82 Å². The second-order valence-corrected chi connectivity index (χ2v) is 4.95. The number of anilines is 1. The number of nitrogens with zero attached hydrogens (tertiary/aromatic N) is 2. The Labute approximate surface area is 106 Å². The molecule has 98 valence electrons. The van der Waals surface area contributed by atoms with Crippen molar-refractivity contribution in [1.29, 1.82) is 0 Å². The van der Waals surface area contributed by atoms with E-state index in [4.69, 9.17) is 5.73 Å². The van der Waals surface area contributed by atoms with Crippen molar-refractivity contribution >= 4 is 11.5 Å². The first-order chi connectivity index (χ1) is 8.56. The molecular formula is C12H18N4O2. The van der Waals surface area contributed by atoms with E-state index in [1.165, 1.54) is 6.07 Å². The maximum Gasteiger partial charge on any atom is 0.311 e. The van der Waals surface area contributed by atoms with Crippen molar-refractivity contribution in [3.8, 4) is 0 Å². The third-order valence-electron chi connectivity index (χ3n) is 3.54. The molecule has 6 nitrogen and oxygen atoms in total. The lowest BCUT2D eigenvalue weighted by atomic mass is 9.98. The molecule has 0 aliphatic heterocycles. The Kier molecular flexibility index (Phi) is 3.47. The van der Waals surface area contributed by atoms with E-state index in [9.17, 15) is 10.1 Å². The van der Waals surface area contributed by atoms with E-state index in [1.807, 2.05) is 0 Å². The first kappa shape index (κ1) is 12.8. The molecule has 1 aliphatic rings. The molecule has 0 saturated heterocycles. The highest BCUT2D eigenvalue weighted by molar-refractivity contribution is 5.58. The Morgan fingerprint density at radius 3 is 2.78 bits per heavy atom. The highest BCUT2D eigenvalue weighted by Crippen LogP contribution is 2.34. The van der Waals surface area contributed by atoms with Crippen LogP contribution in [0.5, 0.6) is 0 Å². The van der Waals surface area contributed by atoms with Gasteiger partial charge in [-0.1, -0.05) is 12.8 Å². The van der Waals surface area contributed by atoms with Crippen molar-refractivity contribution in [2.75, 3.05) is 11.9 Å². The van der Waals surface area contributed by atoms with Crippen LogP contribution in [0, 0.1) is 17.0 Å². The predicted octanol–water partition coefficient (Wildman–Crippen LogP) is 1.98. The quantitative estimate of drug-likeness (QED) is 0.629. The summed E-state index contributed by atoms with van der Waals surface area (Å²) in [6, 6.07) is 1.54. The molecule has 1 aromatic rings. The number of rotatable bonds is 4. The van der Waals surface area contributed by atoms with Gasteiger partial charge < -0.3 is 11.1 Å². The fourth-order valence-electron chi connectivity index (χ4n) is 2.47. The normalized spacial score (nSPS) is 17.7. The Bertz CT molecular complexity index is 455. The molecule has 0 radical (unpaired) electrons. The van der Waals surface area contributed by atoms with Gasteiger partial charge in [-0.05, 0) is 25.3 Å². The van der Waals surface area contributed by atoms with E-state index in [2.05, 4.69) is 10.3 Å². The highest BCUT2D eigenvalue weighted by Gasteiger charge is 2.34. The molecule has 0 spiro atoms. The van der Waals surface area contributed by atoms with Gasteiger partial charge in [0.1, 0.15) is 0 Å². The van der Waals surface area contributed by atoms with E-state index in [-0.39, 0.29) is 11.2 Å². The fourth-order valence-corrected chi connectivity index (χ4v) is 2.47. The lowest BCUT2D eigenvalue weighted by Crippen LogP contribution is -2.43. The molecule has 6 heteroatoms. The van der Waals surface area contributed by atoms with Gasteiger partial charge in [-0.25, -0.2) is 4.98 Å². The molecule has 0 unspecified atom stereocenters. The van der Waals surface area contributed by atoms with Crippen LogP contribution in [0.15, 0.2) is 12.3 Å². The molecule has 1 fully saturated rings. The van der Waals surface area contributed by atoms with Crippen LogP contribution in [0.25, 0.3) is 0 Å². The first-order valence-corrected chi connectivity index (χ1v) is 6.16. The Balaban J connectivity index is 2.30. The maximum absolute atomic E-state index is 11.0. The van der Waals surface area contributed by atoms with Crippen LogP contribution in [0.2, 0.25) is 0 Å². The minimum absolute atomic E-state index is 0.0229. The van der Waals surface area contributed by atoms with Crippen molar-refractivity contribution in [3.05, 3.63) is 27.9 Å². The lowest BCUT2D eigenvalue weighted by Gasteiger charge is -2.29. The summed E-state index contributed by atoms with van der Waals surface area (Å²) in [4.78, 5) is 14.8. The van der Waals surface area contributed by atoms with E-state index < -0.39 is 4.92 Å². The summed E-state index contributed by atoms with van der Waals surface area (Å²) in [6.07, 6.45) is 5.72. The second kappa shape index (κ2) is 4.89. The van der Waals surface area contributed by atoms with Crippen LogP contribution >= 0.6 is 0 Å². The van der Waals surface area contributed by atoms with Crippen LogP contribution in [0.1, 0.15) is 31.2 Å². The lowest BCUT2D eigenvalue weighted by molar-refractivity contribution is -0.384. The number of aryl methyl sites for hydroxylation is 1. The summed E-state index contributed by atoms with van der Waals surface area (Å²) in [5, 5.41) is 14.2. The molecule has 0 bridgehead atoms. The van der Waals surface area contributed by atoms with Gasteiger partial charge in [0.05, 0.1) is 10.5 Å². The monoisotopic (exact) mass is 250 g/mol. The molecule has 1 aromatic heterocycles. The topological polar surface area (TPSA) is 94.1 Å².